The van der Waals surface area contributed by atoms with Crippen LogP contribution in [0.2, 0.25) is 0 Å². The Morgan fingerprint density at radius 2 is 1.30 bits per heavy atom. The van der Waals surface area contributed by atoms with Gasteiger partial charge >= 0.3 is 0 Å². The van der Waals surface area contributed by atoms with Crippen LogP contribution in [0.3, 0.4) is 0 Å². The van der Waals surface area contributed by atoms with Crippen molar-refractivity contribution in [3.8, 4) is 0 Å². The third-order valence-corrected chi connectivity index (χ3v) is 0. The minimum Gasteiger partial charge on any atom is -0.328 e. The highest BCUT2D eigenvalue weighted by Crippen LogP contribution is 1.60. The minimum atomic E-state index is -4.69. The average molecular weight is 200 g/mol. The van der Waals surface area contributed by atoms with Crippen LogP contribution in [0.15, 0.2) is 0 Å². The Hall–Kier alpha value is -0.380. The molecule has 0 spiro atoms. The lowest BCUT2D eigenvalue weighted by Crippen LogP contribution is -2.58. The third-order valence-electron chi connectivity index (χ3n) is 0. The number of nitrogens with zero attached hydrogens (tertiary/aromatic N) is 1. The standard InChI is InChI=1S/ClHO4.ClH.HNO3/c2-1(3,4)5;;2-1(3)4/h(H,2,3,4,5);1H;(H,2,3,4). The zero-order chi connectivity index (χ0) is 8.08. The van der Waals surface area contributed by atoms with Gasteiger partial charge in [-0.15, -0.1) is 22.5 Å². The lowest BCUT2D eigenvalue weighted by molar-refractivity contribution is -1.92. The van der Waals surface area contributed by atoms with Gasteiger partial charge in [0.15, 0.2) is 0 Å². The molecule has 0 saturated heterocycles. The summed E-state index contributed by atoms with van der Waals surface area (Å²) in [5.74, 6) is 0. The number of rotatable bonds is 0. The van der Waals surface area contributed by atoms with Crippen LogP contribution in [-0.4, -0.2) is 15.0 Å². The first-order valence-corrected chi connectivity index (χ1v) is 2.46. The zero-order valence-corrected chi connectivity index (χ0v) is 5.74. The fourth-order valence-corrected chi connectivity index (χ4v) is 0. The molecule has 2 N–H and O–H groups in total. The van der Waals surface area contributed by atoms with E-state index in [0.29, 0.717) is 0 Å². The predicted octanol–water partition coefficient (Wildman–Crippen LogP) is -4.05. The molecule has 0 amide bonds. The maximum atomic E-state index is 8.60. The van der Waals surface area contributed by atoms with Gasteiger partial charge in [0.2, 0.25) is 0 Å². The second-order valence-corrected chi connectivity index (χ2v) is 1.43. The smallest absolute Gasteiger partial charge is 0.291 e. The Balaban J connectivity index is -0.0000000910. The van der Waals surface area contributed by atoms with Gasteiger partial charge in [0, 0.05) is 0 Å². The highest BCUT2D eigenvalue weighted by molar-refractivity contribution is 5.85. The molecule has 64 valence electrons. The van der Waals surface area contributed by atoms with Gasteiger partial charge in [0.05, 0.1) is 14.9 Å². The van der Waals surface area contributed by atoms with Crippen molar-refractivity contribution in [1.82, 2.24) is 0 Å². The SMILES string of the molecule is Cl.O=[N+]([O-])O.[O-][Cl+3]([O-])([O-])O. The highest BCUT2D eigenvalue weighted by atomic mass is 35.7. The van der Waals surface area contributed by atoms with Crippen LogP contribution in [0.1, 0.15) is 0 Å². The van der Waals surface area contributed by atoms with Crippen LogP contribution in [0.4, 0.5) is 0 Å². The van der Waals surface area contributed by atoms with Crippen molar-refractivity contribution < 1.29 is 39.2 Å². The largest absolute Gasteiger partial charge is 0.328 e. The molecule has 0 heterocycles. The zero-order valence-electron chi connectivity index (χ0n) is 4.17. The van der Waals surface area contributed by atoms with Gasteiger partial charge < -0.3 is 5.21 Å². The molecule has 0 aromatic rings. The summed E-state index contributed by atoms with van der Waals surface area (Å²) in [4.78, 5) is 8.36. The fraction of sp³-hybridized carbons (Fsp3) is 0. The first kappa shape index (κ1) is 16.3. The molecule has 10 heavy (non-hydrogen) atoms. The molecular weight excluding hydrogens is 197 g/mol. The molecule has 0 saturated carbocycles. The minimum absolute atomic E-state index is 0. The molecule has 0 fully saturated rings. The van der Waals surface area contributed by atoms with E-state index in [1.54, 1.807) is 0 Å². The third kappa shape index (κ3) is 2310. The van der Waals surface area contributed by atoms with Crippen LogP contribution in [0.5, 0.6) is 0 Å². The van der Waals surface area contributed by atoms with Crippen molar-refractivity contribution >= 4 is 12.4 Å². The summed E-state index contributed by atoms with van der Waals surface area (Å²) in [6.07, 6.45) is 0. The summed E-state index contributed by atoms with van der Waals surface area (Å²) in [6, 6.07) is 0. The molecule has 0 radical (unpaired) electrons. The normalized spacial score (nSPS) is 8.40. The van der Waals surface area contributed by atoms with Crippen LogP contribution in [0.25, 0.3) is 0 Å². The Morgan fingerprint density at radius 3 is 1.30 bits per heavy atom. The van der Waals surface area contributed by atoms with Crippen LogP contribution in [-0.2, 0) is 0 Å². The predicted molar refractivity (Wildman–Crippen MR) is 18.2 cm³/mol. The van der Waals surface area contributed by atoms with Crippen molar-refractivity contribution in [2.24, 2.45) is 0 Å². The molecule has 8 nitrogen and oxygen atoms in total. The van der Waals surface area contributed by atoms with E-state index in [-0.39, 0.29) is 12.4 Å². The highest BCUT2D eigenvalue weighted by Gasteiger charge is 1.98. The van der Waals surface area contributed by atoms with E-state index >= 15 is 0 Å². The van der Waals surface area contributed by atoms with Gasteiger partial charge in [-0.2, -0.15) is 14.0 Å². The Morgan fingerprint density at radius 1 is 1.30 bits per heavy atom. The summed E-state index contributed by atoms with van der Waals surface area (Å²) in [5.41, 5.74) is 0. The molecule has 0 bridgehead atoms. The van der Waals surface area contributed by atoms with E-state index < -0.39 is 15.3 Å². The molecule has 10 heteroatoms. The summed E-state index contributed by atoms with van der Waals surface area (Å²) < 4.78 is 32.7. The summed E-state index contributed by atoms with van der Waals surface area (Å²) in [6.45, 7) is 0. The lowest BCUT2D eigenvalue weighted by Gasteiger charge is -2.03. The van der Waals surface area contributed by atoms with Crippen LogP contribution >= 0.6 is 12.4 Å². The van der Waals surface area contributed by atoms with Crippen molar-refractivity contribution in [2.45, 2.75) is 0 Å². The van der Waals surface area contributed by atoms with Crippen molar-refractivity contribution in [2.75, 3.05) is 0 Å². The van der Waals surface area contributed by atoms with Crippen LogP contribution < -0.4 is 14.0 Å². The Bertz CT molecular complexity index is 74.1. The van der Waals surface area contributed by atoms with Crippen molar-refractivity contribution in [3.63, 3.8) is 0 Å². The Kier molecular flexibility index (Phi) is 11.0. The average Bonchev–Trinajstić information content (AvgIpc) is 1.19. The summed E-state index contributed by atoms with van der Waals surface area (Å²) in [5, 5.41) is 13.6. The molecule has 0 aliphatic rings. The summed E-state index contributed by atoms with van der Waals surface area (Å²) >= 11 is 0. The first-order valence-electron chi connectivity index (χ1n) is 1.20. The van der Waals surface area contributed by atoms with E-state index in [9.17, 15) is 0 Å². The first-order chi connectivity index (χ1) is 3.73. The van der Waals surface area contributed by atoms with Gasteiger partial charge in [-0.25, -0.2) is 0 Å². The van der Waals surface area contributed by atoms with Crippen molar-refractivity contribution in [3.05, 3.63) is 10.1 Å². The second kappa shape index (κ2) is 6.74. The fourth-order valence-electron chi connectivity index (χ4n) is 0. The molecule has 0 aliphatic heterocycles. The number of hydrogen-bond acceptors (Lipinski definition) is 6. The van der Waals surface area contributed by atoms with Gasteiger partial charge in [-0.1, -0.05) is 0 Å². The van der Waals surface area contributed by atoms with Gasteiger partial charge in [0.25, 0.3) is 5.09 Å². The summed E-state index contributed by atoms with van der Waals surface area (Å²) in [7, 11) is -4.69. The van der Waals surface area contributed by atoms with Gasteiger partial charge in [-0.05, 0) is 0 Å². The van der Waals surface area contributed by atoms with E-state index in [1.807, 2.05) is 0 Å². The molecule has 0 aromatic heterocycles. The number of hydrogen-bond donors (Lipinski definition) is 2. The topological polar surface area (TPSA) is 153 Å². The molecule has 0 atom stereocenters. The Labute approximate surface area is 62.6 Å². The quantitative estimate of drug-likeness (QED) is 0.298. The second-order valence-electron chi connectivity index (χ2n) is 0.634. The van der Waals surface area contributed by atoms with E-state index in [1.165, 1.54) is 0 Å². The van der Waals surface area contributed by atoms with E-state index in [2.05, 4.69) is 0 Å². The molecule has 0 rings (SSSR count). The molecule has 0 unspecified atom stereocenters. The van der Waals surface area contributed by atoms with Gasteiger partial charge in [-0.3, -0.25) is 0 Å². The maximum absolute atomic E-state index is 8.60. The molecule has 0 aromatic carbocycles. The van der Waals surface area contributed by atoms with Gasteiger partial charge in [0.1, 0.15) is 0 Å². The van der Waals surface area contributed by atoms with Crippen LogP contribution in [0, 0.1) is 20.4 Å². The maximum Gasteiger partial charge on any atom is 0.291 e. The van der Waals surface area contributed by atoms with Crippen molar-refractivity contribution in [1.29, 1.82) is 0 Å². The lowest BCUT2D eigenvalue weighted by atomic mass is 13.1. The monoisotopic (exact) mass is 199 g/mol. The number of halogens is 2. The molecular formula is H3Cl2NO7. The molecule has 0 aliphatic carbocycles. The van der Waals surface area contributed by atoms with E-state index in [0.717, 1.165) is 0 Å². The van der Waals surface area contributed by atoms with E-state index in [4.69, 9.17) is 34.0 Å².